The van der Waals surface area contributed by atoms with Gasteiger partial charge in [0, 0.05) is 12.6 Å². The number of urea groups is 1. The molecule has 2 amide bonds. The maximum Gasteiger partial charge on any atom is 0.329 e. The molecule has 0 aromatic heterocycles. The number of nitrogens with one attached hydrogen (secondary N) is 3. The minimum Gasteiger partial charge on any atom is -0.493 e. The van der Waals surface area contributed by atoms with E-state index < -0.39 is 9.84 Å². The fourth-order valence-electron chi connectivity index (χ4n) is 2.48. The van der Waals surface area contributed by atoms with E-state index in [1.807, 2.05) is 18.2 Å². The summed E-state index contributed by atoms with van der Waals surface area (Å²) in [6.45, 7) is 0.436. The van der Waals surface area contributed by atoms with E-state index in [0.717, 1.165) is 5.56 Å². The SMILES string of the molecule is COc1ccc(CCNC(=O)NN[C@H]2CCS(=O)(=O)C2)cc1OC. The van der Waals surface area contributed by atoms with Gasteiger partial charge in [-0.1, -0.05) is 6.07 Å². The summed E-state index contributed by atoms with van der Waals surface area (Å²) >= 11 is 0. The molecule has 0 bridgehead atoms. The molecular weight excluding hydrogens is 334 g/mol. The number of benzene rings is 1. The molecule has 0 unspecified atom stereocenters. The Hall–Kier alpha value is -2.00. The van der Waals surface area contributed by atoms with Crippen molar-refractivity contribution in [3.63, 3.8) is 0 Å². The monoisotopic (exact) mass is 357 g/mol. The molecule has 2 rings (SSSR count). The van der Waals surface area contributed by atoms with Crippen molar-refractivity contribution in [1.29, 1.82) is 0 Å². The minimum absolute atomic E-state index is 0.0545. The lowest BCUT2D eigenvalue weighted by molar-refractivity contribution is 0.234. The first kappa shape index (κ1) is 18.3. The summed E-state index contributed by atoms with van der Waals surface area (Å²) in [4.78, 5) is 11.7. The largest absolute Gasteiger partial charge is 0.493 e. The lowest BCUT2D eigenvalue weighted by Gasteiger charge is -2.13. The van der Waals surface area contributed by atoms with Crippen LogP contribution < -0.4 is 25.6 Å². The van der Waals surface area contributed by atoms with Gasteiger partial charge in [-0.25, -0.2) is 18.6 Å². The summed E-state index contributed by atoms with van der Waals surface area (Å²) in [5, 5.41) is 2.71. The van der Waals surface area contributed by atoms with Crippen LogP contribution in [0.2, 0.25) is 0 Å². The van der Waals surface area contributed by atoms with E-state index in [1.165, 1.54) is 0 Å². The van der Waals surface area contributed by atoms with E-state index in [0.29, 0.717) is 30.9 Å². The van der Waals surface area contributed by atoms with Crippen LogP contribution in [-0.4, -0.2) is 52.8 Å². The Kier molecular flexibility index (Phi) is 6.27. The second-order valence-corrected chi connectivity index (χ2v) is 7.79. The van der Waals surface area contributed by atoms with E-state index in [-0.39, 0.29) is 23.6 Å². The molecule has 0 spiro atoms. The predicted molar refractivity (Wildman–Crippen MR) is 90.0 cm³/mol. The number of methoxy groups -OCH3 is 2. The standard InChI is InChI=1S/C15H23N3O5S/c1-22-13-4-3-11(9-14(13)23-2)5-7-16-15(19)18-17-12-6-8-24(20,21)10-12/h3-4,9,12,17H,5-8,10H2,1-2H3,(H2,16,18,19)/t12-/m0/s1. The van der Waals surface area contributed by atoms with E-state index >= 15 is 0 Å². The number of sulfone groups is 1. The van der Waals surface area contributed by atoms with E-state index in [2.05, 4.69) is 16.2 Å². The minimum atomic E-state index is -2.97. The van der Waals surface area contributed by atoms with Crippen molar-refractivity contribution in [3.8, 4) is 11.5 Å². The average molecular weight is 357 g/mol. The van der Waals surface area contributed by atoms with Crippen LogP contribution in [0, 0.1) is 0 Å². The third kappa shape index (κ3) is 5.27. The number of hydrogen-bond acceptors (Lipinski definition) is 6. The van der Waals surface area contributed by atoms with Crippen LogP contribution in [-0.2, 0) is 16.3 Å². The molecule has 1 atom stereocenters. The molecule has 1 aromatic rings. The molecule has 0 aliphatic carbocycles. The summed E-state index contributed by atoms with van der Waals surface area (Å²) < 4.78 is 33.1. The predicted octanol–water partition coefficient (Wildman–Crippen LogP) is 0.237. The summed E-state index contributed by atoms with van der Waals surface area (Å²) in [6.07, 6.45) is 1.14. The molecule has 1 aliphatic rings. The lowest BCUT2D eigenvalue weighted by Crippen LogP contribution is -2.49. The van der Waals surface area contributed by atoms with Crippen LogP contribution in [0.1, 0.15) is 12.0 Å². The molecule has 8 nitrogen and oxygen atoms in total. The molecule has 1 heterocycles. The van der Waals surface area contributed by atoms with Crippen LogP contribution in [0.5, 0.6) is 11.5 Å². The number of carbonyl (C=O) groups is 1. The van der Waals surface area contributed by atoms with Gasteiger partial charge in [0.25, 0.3) is 0 Å². The Labute approximate surface area is 141 Å². The van der Waals surface area contributed by atoms with Gasteiger partial charge in [-0.2, -0.15) is 0 Å². The topological polar surface area (TPSA) is 106 Å². The van der Waals surface area contributed by atoms with Gasteiger partial charge >= 0.3 is 6.03 Å². The highest BCUT2D eigenvalue weighted by Gasteiger charge is 2.27. The quantitative estimate of drug-likeness (QED) is 0.604. The summed E-state index contributed by atoms with van der Waals surface area (Å²) in [5.74, 6) is 1.51. The third-order valence-corrected chi connectivity index (χ3v) is 5.54. The fraction of sp³-hybridized carbons (Fsp3) is 0.533. The molecule has 134 valence electrons. The van der Waals surface area contributed by atoms with E-state index in [1.54, 1.807) is 14.2 Å². The number of hydrazine groups is 1. The van der Waals surface area contributed by atoms with Gasteiger partial charge in [-0.05, 0) is 30.5 Å². The number of carbonyl (C=O) groups excluding carboxylic acids is 1. The maximum absolute atomic E-state index is 11.7. The second kappa shape index (κ2) is 8.20. The molecule has 3 N–H and O–H groups in total. The summed E-state index contributed by atoms with van der Waals surface area (Å²) in [5.41, 5.74) is 6.22. The van der Waals surface area contributed by atoms with Crippen molar-refractivity contribution in [2.75, 3.05) is 32.3 Å². The summed E-state index contributed by atoms with van der Waals surface area (Å²) in [6, 6.07) is 4.96. The molecule has 1 aromatic carbocycles. The third-order valence-electron chi connectivity index (χ3n) is 3.77. The van der Waals surface area contributed by atoms with Crippen molar-refractivity contribution in [2.24, 2.45) is 0 Å². The molecule has 0 radical (unpaired) electrons. The molecule has 9 heteroatoms. The van der Waals surface area contributed by atoms with Gasteiger partial charge in [-0.15, -0.1) is 0 Å². The molecule has 1 saturated heterocycles. The van der Waals surface area contributed by atoms with Crippen LogP contribution in [0.25, 0.3) is 0 Å². The zero-order valence-electron chi connectivity index (χ0n) is 13.8. The number of hydrogen-bond donors (Lipinski definition) is 3. The first-order chi connectivity index (χ1) is 11.4. The first-order valence-electron chi connectivity index (χ1n) is 7.64. The second-order valence-electron chi connectivity index (χ2n) is 5.56. The van der Waals surface area contributed by atoms with Crippen molar-refractivity contribution >= 4 is 15.9 Å². The molecule has 1 aliphatic heterocycles. The normalized spacial score (nSPS) is 18.8. The number of ether oxygens (including phenoxy) is 2. The Morgan fingerprint density at radius 3 is 2.62 bits per heavy atom. The molecule has 24 heavy (non-hydrogen) atoms. The van der Waals surface area contributed by atoms with Gasteiger partial charge in [0.15, 0.2) is 21.3 Å². The zero-order valence-corrected chi connectivity index (χ0v) is 14.6. The van der Waals surface area contributed by atoms with Gasteiger partial charge in [0.2, 0.25) is 0 Å². The highest BCUT2D eigenvalue weighted by molar-refractivity contribution is 7.91. The fourth-order valence-corrected chi connectivity index (χ4v) is 4.15. The van der Waals surface area contributed by atoms with Crippen LogP contribution in [0.3, 0.4) is 0 Å². The van der Waals surface area contributed by atoms with E-state index in [4.69, 9.17) is 9.47 Å². The molecule has 1 fully saturated rings. The summed E-state index contributed by atoms with van der Waals surface area (Å²) in [7, 11) is 0.182. The van der Waals surface area contributed by atoms with Crippen molar-refractivity contribution < 1.29 is 22.7 Å². The Morgan fingerprint density at radius 2 is 2.00 bits per heavy atom. The van der Waals surface area contributed by atoms with Crippen molar-refractivity contribution in [2.45, 2.75) is 18.9 Å². The van der Waals surface area contributed by atoms with Crippen LogP contribution in [0.15, 0.2) is 18.2 Å². The van der Waals surface area contributed by atoms with E-state index in [9.17, 15) is 13.2 Å². The highest BCUT2D eigenvalue weighted by atomic mass is 32.2. The Bertz CT molecular complexity index is 678. The van der Waals surface area contributed by atoms with Gasteiger partial charge in [-0.3, -0.25) is 5.43 Å². The van der Waals surface area contributed by atoms with Crippen molar-refractivity contribution in [1.82, 2.24) is 16.2 Å². The maximum atomic E-state index is 11.7. The highest BCUT2D eigenvalue weighted by Crippen LogP contribution is 2.27. The Balaban J connectivity index is 1.71. The number of amides is 2. The van der Waals surface area contributed by atoms with Gasteiger partial charge < -0.3 is 14.8 Å². The molecule has 0 saturated carbocycles. The van der Waals surface area contributed by atoms with Gasteiger partial charge in [0.1, 0.15) is 0 Å². The zero-order chi connectivity index (χ0) is 17.6. The number of rotatable bonds is 7. The Morgan fingerprint density at radius 1 is 1.25 bits per heavy atom. The molecular formula is C15H23N3O5S. The lowest BCUT2D eigenvalue weighted by atomic mass is 10.1. The average Bonchev–Trinajstić information content (AvgIpc) is 2.92. The van der Waals surface area contributed by atoms with Crippen molar-refractivity contribution in [3.05, 3.63) is 23.8 Å². The smallest absolute Gasteiger partial charge is 0.329 e. The van der Waals surface area contributed by atoms with Crippen LogP contribution >= 0.6 is 0 Å². The van der Waals surface area contributed by atoms with Gasteiger partial charge in [0.05, 0.1) is 25.7 Å². The van der Waals surface area contributed by atoms with Crippen LogP contribution in [0.4, 0.5) is 4.79 Å². The first-order valence-corrected chi connectivity index (χ1v) is 9.46.